The highest BCUT2D eigenvalue weighted by molar-refractivity contribution is 5.98. The summed E-state index contributed by atoms with van der Waals surface area (Å²) in [4.78, 5) is 17.4. The summed E-state index contributed by atoms with van der Waals surface area (Å²) in [6.45, 7) is 1.31. The summed E-state index contributed by atoms with van der Waals surface area (Å²) in [5, 5.41) is 3.95. The first-order valence-electron chi connectivity index (χ1n) is 10.2. The largest absolute Gasteiger partial charge is 0.485 e. The molecule has 0 aromatic heterocycles. The van der Waals surface area contributed by atoms with Crippen LogP contribution in [-0.2, 0) is 23.8 Å². The zero-order valence-electron chi connectivity index (χ0n) is 18.3. The fraction of sp³-hybridized carbons (Fsp3) is 0.200. The van der Waals surface area contributed by atoms with E-state index in [1.54, 1.807) is 31.2 Å². The normalized spacial score (nSPS) is 12.4. The van der Waals surface area contributed by atoms with E-state index in [1.807, 2.05) is 0 Å². The van der Waals surface area contributed by atoms with E-state index in [0.29, 0.717) is 22.6 Å². The van der Waals surface area contributed by atoms with Crippen molar-refractivity contribution in [2.24, 2.45) is 5.16 Å². The molecule has 0 heterocycles. The molecule has 0 fully saturated rings. The second-order valence-corrected chi connectivity index (χ2v) is 7.46. The Labute approximate surface area is 196 Å². The van der Waals surface area contributed by atoms with Gasteiger partial charge in [0, 0.05) is 5.56 Å². The Morgan fingerprint density at radius 3 is 1.74 bits per heavy atom. The average molecular weight is 495 g/mol. The van der Waals surface area contributed by atoms with Crippen molar-refractivity contribution >= 4 is 11.5 Å². The maximum Gasteiger partial charge on any atom is 0.416 e. The van der Waals surface area contributed by atoms with E-state index < -0.39 is 29.3 Å². The number of alkyl halides is 6. The number of hydrogen-bond donors (Lipinski definition) is 0. The maximum absolute atomic E-state index is 12.6. The summed E-state index contributed by atoms with van der Waals surface area (Å²) in [5.41, 5.74) is 0.220. The van der Waals surface area contributed by atoms with Crippen molar-refractivity contribution in [3.05, 3.63) is 101 Å². The van der Waals surface area contributed by atoms with Crippen molar-refractivity contribution in [2.45, 2.75) is 25.9 Å². The van der Waals surface area contributed by atoms with E-state index in [1.165, 1.54) is 12.1 Å². The highest BCUT2D eigenvalue weighted by atomic mass is 19.4. The molecular formula is C25H19F6NO3. The van der Waals surface area contributed by atoms with Crippen molar-refractivity contribution in [3.8, 4) is 5.75 Å². The standard InChI is InChI=1S/C25H19F6NO3/c1-16(32-35-14-17-2-8-20(9-3-17)24(26,27)28)18-6-12-22(13-7-18)34-15-23(33)19-4-10-21(11-5-19)25(29,30)31/h2-13H,14-15H2,1H3. The summed E-state index contributed by atoms with van der Waals surface area (Å²) in [6, 6.07) is 14.9. The molecule has 0 saturated carbocycles. The molecule has 0 radical (unpaired) electrons. The van der Waals surface area contributed by atoms with Crippen molar-refractivity contribution in [1.82, 2.24) is 0 Å². The summed E-state index contributed by atoms with van der Waals surface area (Å²) < 4.78 is 81.0. The fourth-order valence-electron chi connectivity index (χ4n) is 2.92. The van der Waals surface area contributed by atoms with Gasteiger partial charge in [0.05, 0.1) is 16.8 Å². The number of nitrogens with zero attached hydrogens (tertiary/aromatic N) is 1. The molecule has 0 aliphatic rings. The number of carbonyl (C=O) groups excluding carboxylic acids is 1. The Kier molecular flexibility index (Phi) is 7.83. The van der Waals surface area contributed by atoms with E-state index >= 15 is 0 Å². The minimum atomic E-state index is -4.48. The van der Waals surface area contributed by atoms with Crippen LogP contribution in [0, 0.1) is 0 Å². The zero-order chi connectivity index (χ0) is 25.6. The number of benzene rings is 3. The Morgan fingerprint density at radius 1 is 0.743 bits per heavy atom. The molecule has 3 rings (SSSR count). The smallest absolute Gasteiger partial charge is 0.416 e. The van der Waals surface area contributed by atoms with Gasteiger partial charge in [0.15, 0.2) is 12.4 Å². The molecule has 3 aromatic carbocycles. The zero-order valence-corrected chi connectivity index (χ0v) is 18.3. The monoisotopic (exact) mass is 495 g/mol. The number of Topliss-reactive ketones (excluding diaryl/α,β-unsaturated/α-hetero) is 1. The summed E-state index contributed by atoms with van der Waals surface area (Å²) >= 11 is 0. The van der Waals surface area contributed by atoms with Crippen molar-refractivity contribution in [2.75, 3.05) is 6.61 Å². The predicted octanol–water partition coefficient (Wildman–Crippen LogP) is 6.93. The highest BCUT2D eigenvalue weighted by Gasteiger charge is 2.30. The first kappa shape index (κ1) is 25.8. The number of ketones is 1. The average Bonchev–Trinajstić information content (AvgIpc) is 2.82. The highest BCUT2D eigenvalue weighted by Crippen LogP contribution is 2.30. The number of oxime groups is 1. The molecule has 0 atom stereocenters. The Morgan fingerprint density at radius 2 is 1.23 bits per heavy atom. The van der Waals surface area contributed by atoms with Crippen molar-refractivity contribution in [3.63, 3.8) is 0 Å². The van der Waals surface area contributed by atoms with Gasteiger partial charge >= 0.3 is 12.4 Å². The van der Waals surface area contributed by atoms with Gasteiger partial charge in [-0.1, -0.05) is 29.4 Å². The van der Waals surface area contributed by atoms with E-state index in [4.69, 9.17) is 9.57 Å². The van der Waals surface area contributed by atoms with E-state index in [-0.39, 0.29) is 18.8 Å². The van der Waals surface area contributed by atoms with Crippen LogP contribution in [-0.4, -0.2) is 18.1 Å². The molecule has 0 aliphatic heterocycles. The number of ether oxygens (including phenoxy) is 1. The van der Waals surface area contributed by atoms with E-state index in [2.05, 4.69) is 5.16 Å². The Balaban J connectivity index is 1.50. The Hall–Kier alpha value is -3.82. The third-order valence-electron chi connectivity index (χ3n) is 4.89. The topological polar surface area (TPSA) is 47.9 Å². The molecule has 0 spiro atoms. The summed E-state index contributed by atoms with van der Waals surface area (Å²) in [7, 11) is 0. The Bertz CT molecular complexity index is 1170. The molecule has 0 aliphatic carbocycles. The van der Waals surface area contributed by atoms with Crippen molar-refractivity contribution < 1.29 is 40.7 Å². The van der Waals surface area contributed by atoms with Gasteiger partial charge in [0.2, 0.25) is 0 Å². The molecule has 0 N–H and O–H groups in total. The molecule has 0 amide bonds. The van der Waals surface area contributed by atoms with Crippen LogP contribution in [0.25, 0.3) is 0 Å². The number of hydrogen-bond acceptors (Lipinski definition) is 4. The van der Waals surface area contributed by atoms with Crippen molar-refractivity contribution in [1.29, 1.82) is 0 Å². The minimum Gasteiger partial charge on any atom is -0.485 e. The van der Waals surface area contributed by atoms with Crippen LogP contribution in [0.15, 0.2) is 78.0 Å². The number of rotatable bonds is 8. The third-order valence-corrected chi connectivity index (χ3v) is 4.89. The molecule has 10 heteroatoms. The fourth-order valence-corrected chi connectivity index (χ4v) is 2.92. The molecule has 35 heavy (non-hydrogen) atoms. The van der Waals surface area contributed by atoms with Gasteiger partial charge in [-0.15, -0.1) is 0 Å². The lowest BCUT2D eigenvalue weighted by Crippen LogP contribution is -2.12. The van der Waals surface area contributed by atoms with Crippen LogP contribution in [0.2, 0.25) is 0 Å². The van der Waals surface area contributed by atoms with Crippen LogP contribution < -0.4 is 4.74 Å². The van der Waals surface area contributed by atoms with Crippen LogP contribution in [0.3, 0.4) is 0 Å². The van der Waals surface area contributed by atoms with Gasteiger partial charge in [-0.25, -0.2) is 0 Å². The third kappa shape index (κ3) is 7.33. The molecule has 0 unspecified atom stereocenters. The molecule has 184 valence electrons. The van der Waals surface area contributed by atoms with E-state index in [0.717, 1.165) is 36.4 Å². The SMILES string of the molecule is CC(=NOCc1ccc(C(F)(F)F)cc1)c1ccc(OCC(=O)c2ccc(C(F)(F)F)cc2)cc1. The molecule has 4 nitrogen and oxygen atoms in total. The molecule has 0 bridgehead atoms. The lowest BCUT2D eigenvalue weighted by Gasteiger charge is -2.09. The van der Waals surface area contributed by atoms with Gasteiger partial charge in [-0.2, -0.15) is 26.3 Å². The van der Waals surface area contributed by atoms with Crippen LogP contribution in [0.4, 0.5) is 26.3 Å². The van der Waals surface area contributed by atoms with Crippen LogP contribution in [0.5, 0.6) is 5.75 Å². The van der Waals surface area contributed by atoms with Gasteiger partial charge in [0.1, 0.15) is 12.4 Å². The first-order chi connectivity index (χ1) is 16.4. The van der Waals surface area contributed by atoms with Gasteiger partial charge in [0.25, 0.3) is 0 Å². The van der Waals surface area contributed by atoms with Gasteiger partial charge in [-0.3, -0.25) is 4.79 Å². The maximum atomic E-state index is 12.6. The van der Waals surface area contributed by atoms with Gasteiger partial charge in [-0.05, 0) is 66.6 Å². The number of halogens is 6. The number of carbonyl (C=O) groups is 1. The molecule has 3 aromatic rings. The second-order valence-electron chi connectivity index (χ2n) is 7.46. The first-order valence-corrected chi connectivity index (χ1v) is 10.2. The summed E-state index contributed by atoms with van der Waals surface area (Å²) in [5.74, 6) is -0.107. The van der Waals surface area contributed by atoms with Crippen LogP contribution in [0.1, 0.15) is 39.5 Å². The summed E-state index contributed by atoms with van der Waals surface area (Å²) in [6.07, 6.45) is -8.88. The quantitative estimate of drug-likeness (QED) is 0.147. The molecule has 0 saturated heterocycles. The van der Waals surface area contributed by atoms with Crippen LogP contribution >= 0.6 is 0 Å². The van der Waals surface area contributed by atoms with E-state index in [9.17, 15) is 31.1 Å². The second kappa shape index (κ2) is 10.6. The molecular weight excluding hydrogens is 476 g/mol. The predicted molar refractivity (Wildman–Crippen MR) is 116 cm³/mol. The lowest BCUT2D eigenvalue weighted by molar-refractivity contribution is -0.138. The van der Waals surface area contributed by atoms with Gasteiger partial charge < -0.3 is 9.57 Å². The minimum absolute atomic E-state index is 0.0112. The lowest BCUT2D eigenvalue weighted by atomic mass is 10.1.